The number of ether oxygens (including phenoxy) is 3. The minimum absolute atomic E-state index is 0.183. The van der Waals surface area contributed by atoms with Gasteiger partial charge in [0.05, 0.1) is 6.61 Å². The number of halogens is 1. The molecule has 0 saturated carbocycles. The minimum atomic E-state index is -1.01. The molecule has 0 amide bonds. The van der Waals surface area contributed by atoms with Gasteiger partial charge in [-0.1, -0.05) is 15.9 Å². The number of hydrogen-bond acceptors (Lipinski definition) is 6. The normalized spacial score (nSPS) is 25.7. The van der Waals surface area contributed by atoms with E-state index in [1.807, 2.05) is 12.1 Å². The molecule has 0 spiro atoms. The summed E-state index contributed by atoms with van der Waals surface area (Å²) in [4.78, 5) is 11.1. The van der Waals surface area contributed by atoms with E-state index >= 15 is 0 Å². The lowest BCUT2D eigenvalue weighted by Gasteiger charge is -2.43. The Morgan fingerprint density at radius 2 is 2.21 bits per heavy atom. The van der Waals surface area contributed by atoms with Gasteiger partial charge in [-0.3, -0.25) is 4.79 Å². The monoisotopic (exact) mass is 396 g/mol. The Bertz CT molecular complexity index is 776. The molecular weight excluding hydrogens is 380 g/mol. The molecule has 8 heteroatoms. The van der Waals surface area contributed by atoms with Crippen LogP contribution in [0.15, 0.2) is 39.6 Å². The van der Waals surface area contributed by atoms with Gasteiger partial charge in [-0.2, -0.15) is 0 Å². The summed E-state index contributed by atoms with van der Waals surface area (Å²) in [6.07, 6.45) is -1.74. The Balaban J connectivity index is 2.02. The SMILES string of the molecule is COCC1(C)Oc2ccc(Br)cc2C(Oc2ccc(=O)[nH]n2)C1O. The Hall–Kier alpha value is -1.90. The number of nitrogens with zero attached hydrogens (tertiary/aromatic N) is 1. The molecule has 0 radical (unpaired) electrons. The number of hydrogen-bond donors (Lipinski definition) is 2. The van der Waals surface area contributed by atoms with Crippen molar-refractivity contribution in [1.29, 1.82) is 0 Å². The van der Waals surface area contributed by atoms with Crippen LogP contribution >= 0.6 is 15.9 Å². The molecule has 2 aromatic rings. The molecule has 3 unspecified atom stereocenters. The molecule has 2 heterocycles. The van der Waals surface area contributed by atoms with Crippen LogP contribution in [-0.2, 0) is 4.74 Å². The van der Waals surface area contributed by atoms with Crippen LogP contribution in [-0.4, -0.2) is 40.7 Å². The lowest BCUT2D eigenvalue weighted by Crippen LogP contribution is -2.55. The van der Waals surface area contributed by atoms with Crippen molar-refractivity contribution in [3.63, 3.8) is 0 Å². The molecule has 1 aromatic carbocycles. The predicted molar refractivity (Wildman–Crippen MR) is 89.3 cm³/mol. The number of aliphatic hydroxyl groups is 1. The van der Waals surface area contributed by atoms with Gasteiger partial charge in [0.25, 0.3) is 5.56 Å². The maximum absolute atomic E-state index is 11.1. The fraction of sp³-hybridized carbons (Fsp3) is 0.375. The minimum Gasteiger partial charge on any atom is -0.482 e. The highest BCUT2D eigenvalue weighted by Crippen LogP contribution is 2.43. The van der Waals surface area contributed by atoms with Gasteiger partial charge in [0, 0.05) is 29.3 Å². The molecule has 0 saturated heterocycles. The van der Waals surface area contributed by atoms with Gasteiger partial charge in [0.1, 0.15) is 11.9 Å². The molecule has 0 aliphatic carbocycles. The lowest BCUT2D eigenvalue weighted by molar-refractivity contribution is -0.138. The summed E-state index contributed by atoms with van der Waals surface area (Å²) in [6, 6.07) is 8.23. The third-order valence-electron chi connectivity index (χ3n) is 3.87. The Kier molecular flexibility index (Phi) is 4.62. The molecule has 128 valence electrons. The molecule has 1 aliphatic heterocycles. The molecule has 1 aromatic heterocycles. The molecule has 2 N–H and O–H groups in total. The topological polar surface area (TPSA) is 93.7 Å². The van der Waals surface area contributed by atoms with E-state index in [1.165, 1.54) is 19.2 Å². The van der Waals surface area contributed by atoms with Crippen molar-refractivity contribution in [2.75, 3.05) is 13.7 Å². The largest absolute Gasteiger partial charge is 0.482 e. The van der Waals surface area contributed by atoms with Gasteiger partial charge in [0.15, 0.2) is 11.7 Å². The zero-order valence-electron chi connectivity index (χ0n) is 13.2. The van der Waals surface area contributed by atoms with E-state index in [-0.39, 0.29) is 18.0 Å². The number of fused-ring (bicyclic) bond motifs is 1. The van der Waals surface area contributed by atoms with Crippen molar-refractivity contribution in [3.8, 4) is 11.6 Å². The predicted octanol–water partition coefficient (Wildman–Crippen LogP) is 1.81. The van der Waals surface area contributed by atoms with E-state index in [1.54, 1.807) is 13.0 Å². The van der Waals surface area contributed by atoms with Crippen LogP contribution in [0.1, 0.15) is 18.6 Å². The van der Waals surface area contributed by atoms with E-state index in [9.17, 15) is 9.90 Å². The molecule has 0 bridgehead atoms. The zero-order chi connectivity index (χ0) is 17.3. The smallest absolute Gasteiger partial charge is 0.264 e. The zero-order valence-corrected chi connectivity index (χ0v) is 14.7. The Morgan fingerprint density at radius 3 is 2.88 bits per heavy atom. The van der Waals surface area contributed by atoms with Crippen molar-refractivity contribution >= 4 is 15.9 Å². The fourth-order valence-corrected chi connectivity index (χ4v) is 3.07. The van der Waals surface area contributed by atoms with Crippen molar-refractivity contribution in [2.24, 2.45) is 0 Å². The van der Waals surface area contributed by atoms with Crippen LogP contribution in [0.5, 0.6) is 11.6 Å². The molecule has 1 aliphatic rings. The van der Waals surface area contributed by atoms with Crippen LogP contribution < -0.4 is 15.0 Å². The Morgan fingerprint density at radius 1 is 1.42 bits per heavy atom. The van der Waals surface area contributed by atoms with Crippen molar-refractivity contribution in [1.82, 2.24) is 10.2 Å². The van der Waals surface area contributed by atoms with Crippen LogP contribution in [0.3, 0.4) is 0 Å². The Labute approximate surface area is 146 Å². The van der Waals surface area contributed by atoms with Gasteiger partial charge in [-0.25, -0.2) is 5.10 Å². The summed E-state index contributed by atoms with van der Waals surface area (Å²) in [5, 5.41) is 17.0. The van der Waals surface area contributed by atoms with E-state index in [2.05, 4.69) is 26.1 Å². The van der Waals surface area contributed by atoms with E-state index in [0.29, 0.717) is 11.3 Å². The quantitative estimate of drug-likeness (QED) is 0.818. The van der Waals surface area contributed by atoms with E-state index < -0.39 is 17.8 Å². The van der Waals surface area contributed by atoms with Crippen LogP contribution in [0.4, 0.5) is 0 Å². The first kappa shape index (κ1) is 16.9. The maximum atomic E-state index is 11.1. The first-order valence-corrected chi connectivity index (χ1v) is 8.10. The number of aromatic nitrogens is 2. The standard InChI is InChI=1S/C16H17BrN2O5/c1-16(8-22-2)15(21)14(23-13-6-5-12(20)18-19-13)10-7-9(17)3-4-11(10)24-16/h3-7,14-15,21H,8H2,1-2H3,(H,18,20). The third-order valence-corrected chi connectivity index (χ3v) is 4.36. The van der Waals surface area contributed by atoms with Crippen molar-refractivity contribution in [2.45, 2.75) is 24.7 Å². The number of aromatic amines is 1. The highest BCUT2D eigenvalue weighted by Gasteiger charge is 2.48. The molecular formula is C16H17BrN2O5. The highest BCUT2D eigenvalue weighted by molar-refractivity contribution is 9.10. The number of nitrogens with one attached hydrogen (secondary N) is 1. The summed E-state index contributed by atoms with van der Waals surface area (Å²) in [6.45, 7) is 1.94. The van der Waals surface area contributed by atoms with Crippen LogP contribution in [0, 0.1) is 0 Å². The van der Waals surface area contributed by atoms with Gasteiger partial charge in [0.2, 0.25) is 5.88 Å². The van der Waals surface area contributed by atoms with Gasteiger partial charge in [-0.15, -0.1) is 5.10 Å². The number of methoxy groups -OCH3 is 1. The first-order chi connectivity index (χ1) is 11.4. The number of H-pyrrole nitrogens is 1. The van der Waals surface area contributed by atoms with Crippen LogP contribution in [0.2, 0.25) is 0 Å². The number of benzene rings is 1. The average molecular weight is 397 g/mol. The maximum Gasteiger partial charge on any atom is 0.264 e. The summed E-state index contributed by atoms with van der Waals surface area (Å²) >= 11 is 3.41. The van der Waals surface area contributed by atoms with Gasteiger partial charge < -0.3 is 19.3 Å². The highest BCUT2D eigenvalue weighted by atomic mass is 79.9. The summed E-state index contributed by atoms with van der Waals surface area (Å²) in [7, 11) is 1.54. The summed E-state index contributed by atoms with van der Waals surface area (Å²) in [5.41, 5.74) is -0.636. The number of aliphatic hydroxyl groups excluding tert-OH is 1. The van der Waals surface area contributed by atoms with Crippen molar-refractivity contribution < 1.29 is 19.3 Å². The van der Waals surface area contributed by atoms with E-state index in [0.717, 1.165) is 4.47 Å². The fourth-order valence-electron chi connectivity index (χ4n) is 2.69. The van der Waals surface area contributed by atoms with Gasteiger partial charge in [-0.05, 0) is 25.1 Å². The van der Waals surface area contributed by atoms with Gasteiger partial charge >= 0.3 is 0 Å². The second kappa shape index (κ2) is 6.54. The second-order valence-corrected chi connectivity index (χ2v) is 6.69. The van der Waals surface area contributed by atoms with E-state index in [4.69, 9.17) is 14.2 Å². The molecule has 3 rings (SSSR count). The summed E-state index contributed by atoms with van der Waals surface area (Å²) < 4.78 is 17.8. The second-order valence-electron chi connectivity index (χ2n) is 5.77. The number of rotatable bonds is 4. The molecule has 3 atom stereocenters. The lowest BCUT2D eigenvalue weighted by atomic mass is 9.87. The first-order valence-electron chi connectivity index (χ1n) is 7.31. The molecule has 0 fully saturated rings. The third kappa shape index (κ3) is 3.17. The molecule has 24 heavy (non-hydrogen) atoms. The van der Waals surface area contributed by atoms with Crippen molar-refractivity contribution in [3.05, 3.63) is 50.7 Å². The molecule has 7 nitrogen and oxygen atoms in total. The van der Waals surface area contributed by atoms with Crippen LogP contribution in [0.25, 0.3) is 0 Å². The summed E-state index contributed by atoms with van der Waals surface area (Å²) in [5.74, 6) is 0.795. The average Bonchev–Trinajstić information content (AvgIpc) is 2.55.